The van der Waals surface area contributed by atoms with Gasteiger partial charge in [-0.05, 0) is 43.3 Å². The molecule has 0 spiro atoms. The first-order chi connectivity index (χ1) is 13.4. The number of carbonyl (C=O) groups excluding carboxylic acids is 1. The molecule has 1 aliphatic rings. The van der Waals surface area contributed by atoms with Gasteiger partial charge in [-0.25, -0.2) is 4.79 Å². The van der Waals surface area contributed by atoms with Gasteiger partial charge in [-0.1, -0.05) is 23.7 Å². The standard InChI is InChI=1S/C21H22ClN3O3/c1-15(14-20(26)27)21(28)23-18-4-2-3-5-19(18)25-12-10-24(11-13-25)17-8-6-16(22)7-9-17/h2-9,14H,10-13H2,1H3,(H,23,28)(H,26,27)/b15-14+. The number of aliphatic carboxylic acids is 1. The molecule has 0 aliphatic carbocycles. The summed E-state index contributed by atoms with van der Waals surface area (Å²) in [6, 6.07) is 15.4. The van der Waals surface area contributed by atoms with Gasteiger partial charge in [-0.3, -0.25) is 4.79 Å². The van der Waals surface area contributed by atoms with E-state index in [4.69, 9.17) is 16.7 Å². The average molecular weight is 400 g/mol. The maximum atomic E-state index is 12.3. The molecule has 0 aromatic heterocycles. The van der Waals surface area contributed by atoms with Gasteiger partial charge < -0.3 is 20.2 Å². The van der Waals surface area contributed by atoms with Crippen molar-refractivity contribution in [1.29, 1.82) is 0 Å². The van der Waals surface area contributed by atoms with Crippen LogP contribution in [0.15, 0.2) is 60.2 Å². The number of halogens is 1. The van der Waals surface area contributed by atoms with Gasteiger partial charge in [0.2, 0.25) is 0 Å². The van der Waals surface area contributed by atoms with Crippen molar-refractivity contribution in [2.75, 3.05) is 41.3 Å². The molecule has 0 radical (unpaired) electrons. The van der Waals surface area contributed by atoms with E-state index in [-0.39, 0.29) is 5.57 Å². The van der Waals surface area contributed by atoms with Gasteiger partial charge in [0.1, 0.15) is 0 Å². The van der Waals surface area contributed by atoms with Gasteiger partial charge in [0, 0.05) is 48.5 Å². The van der Waals surface area contributed by atoms with E-state index in [2.05, 4.69) is 15.1 Å². The molecule has 1 heterocycles. The number of amides is 1. The predicted octanol–water partition coefficient (Wildman–Crippen LogP) is 3.64. The number of para-hydroxylation sites is 2. The number of anilines is 3. The molecule has 0 bridgehead atoms. The third-order valence-corrected chi connectivity index (χ3v) is 4.91. The summed E-state index contributed by atoms with van der Waals surface area (Å²) >= 11 is 5.96. The van der Waals surface area contributed by atoms with Crippen LogP contribution in [-0.2, 0) is 9.59 Å². The Labute approximate surface area is 169 Å². The highest BCUT2D eigenvalue weighted by Gasteiger charge is 2.20. The van der Waals surface area contributed by atoms with Gasteiger partial charge in [0.25, 0.3) is 5.91 Å². The van der Waals surface area contributed by atoms with Crippen molar-refractivity contribution >= 4 is 40.5 Å². The van der Waals surface area contributed by atoms with Crippen LogP contribution in [-0.4, -0.2) is 43.2 Å². The summed E-state index contributed by atoms with van der Waals surface area (Å²) in [7, 11) is 0. The quantitative estimate of drug-likeness (QED) is 0.751. The molecule has 2 N–H and O–H groups in total. The van der Waals surface area contributed by atoms with Gasteiger partial charge >= 0.3 is 5.97 Å². The summed E-state index contributed by atoms with van der Waals surface area (Å²) < 4.78 is 0. The van der Waals surface area contributed by atoms with E-state index in [1.807, 2.05) is 48.5 Å². The second-order valence-electron chi connectivity index (χ2n) is 6.59. The first-order valence-corrected chi connectivity index (χ1v) is 9.39. The van der Waals surface area contributed by atoms with Gasteiger partial charge in [0.05, 0.1) is 11.4 Å². The molecule has 2 aromatic carbocycles. The highest BCUT2D eigenvalue weighted by atomic mass is 35.5. The Morgan fingerprint density at radius 3 is 2.25 bits per heavy atom. The minimum atomic E-state index is -1.14. The van der Waals surface area contributed by atoms with E-state index in [1.165, 1.54) is 6.92 Å². The largest absolute Gasteiger partial charge is 0.478 e. The third-order valence-electron chi connectivity index (χ3n) is 4.66. The SMILES string of the molecule is C/C(=C\C(=O)O)C(=O)Nc1ccccc1N1CCN(c2ccc(Cl)cc2)CC1. The molecule has 7 heteroatoms. The summed E-state index contributed by atoms with van der Waals surface area (Å²) in [5.74, 6) is -1.56. The van der Waals surface area contributed by atoms with Crippen molar-refractivity contribution in [2.24, 2.45) is 0 Å². The summed E-state index contributed by atoms with van der Waals surface area (Å²) in [6.07, 6.45) is 0.906. The number of nitrogens with one attached hydrogen (secondary N) is 1. The number of carboxylic acid groups (broad SMARTS) is 1. The molecule has 0 unspecified atom stereocenters. The van der Waals surface area contributed by atoms with Crippen LogP contribution in [0.25, 0.3) is 0 Å². The Balaban J connectivity index is 1.69. The van der Waals surface area contributed by atoms with Crippen molar-refractivity contribution in [3.05, 3.63) is 65.2 Å². The van der Waals surface area contributed by atoms with Crippen molar-refractivity contribution in [3.63, 3.8) is 0 Å². The minimum absolute atomic E-state index is 0.148. The number of nitrogens with zero attached hydrogens (tertiary/aromatic N) is 2. The van der Waals surface area contributed by atoms with Crippen molar-refractivity contribution in [2.45, 2.75) is 6.92 Å². The maximum absolute atomic E-state index is 12.3. The molecular formula is C21H22ClN3O3. The first-order valence-electron chi connectivity index (χ1n) is 9.01. The maximum Gasteiger partial charge on any atom is 0.328 e. The lowest BCUT2D eigenvalue weighted by molar-refractivity contribution is -0.131. The normalized spacial score (nSPS) is 14.7. The smallest absolute Gasteiger partial charge is 0.328 e. The summed E-state index contributed by atoms with van der Waals surface area (Å²) in [5, 5.41) is 12.4. The first kappa shape index (κ1) is 19.8. The number of carboxylic acids is 1. The fourth-order valence-electron chi connectivity index (χ4n) is 3.18. The van der Waals surface area contributed by atoms with Gasteiger partial charge in [-0.15, -0.1) is 0 Å². The summed E-state index contributed by atoms with van der Waals surface area (Å²) in [6.45, 7) is 4.79. The van der Waals surface area contributed by atoms with Crippen LogP contribution in [0.1, 0.15) is 6.92 Å². The van der Waals surface area contributed by atoms with Crippen LogP contribution < -0.4 is 15.1 Å². The van der Waals surface area contributed by atoms with Crippen LogP contribution in [0.2, 0.25) is 5.02 Å². The fraction of sp³-hybridized carbons (Fsp3) is 0.238. The highest BCUT2D eigenvalue weighted by Crippen LogP contribution is 2.28. The van der Waals surface area contributed by atoms with E-state index < -0.39 is 11.9 Å². The molecule has 0 atom stereocenters. The topological polar surface area (TPSA) is 72.9 Å². The lowest BCUT2D eigenvalue weighted by Gasteiger charge is -2.38. The number of piperazine rings is 1. The van der Waals surface area contributed by atoms with Gasteiger partial charge in [-0.2, -0.15) is 0 Å². The number of hydrogen-bond acceptors (Lipinski definition) is 4. The molecule has 3 rings (SSSR count). The van der Waals surface area contributed by atoms with E-state index >= 15 is 0 Å². The van der Waals surface area contributed by atoms with E-state index in [0.717, 1.165) is 48.7 Å². The van der Waals surface area contributed by atoms with Crippen LogP contribution in [0.3, 0.4) is 0 Å². The Morgan fingerprint density at radius 1 is 1.00 bits per heavy atom. The van der Waals surface area contributed by atoms with E-state index in [9.17, 15) is 9.59 Å². The van der Waals surface area contributed by atoms with Crippen LogP contribution >= 0.6 is 11.6 Å². The monoisotopic (exact) mass is 399 g/mol. The van der Waals surface area contributed by atoms with E-state index in [1.54, 1.807) is 0 Å². The zero-order chi connectivity index (χ0) is 20.1. The summed E-state index contributed by atoms with van der Waals surface area (Å²) in [5.41, 5.74) is 2.88. The molecule has 2 aromatic rings. The lowest BCUT2D eigenvalue weighted by atomic mass is 10.2. The lowest BCUT2D eigenvalue weighted by Crippen LogP contribution is -2.46. The zero-order valence-electron chi connectivity index (χ0n) is 15.6. The summed E-state index contributed by atoms with van der Waals surface area (Å²) in [4.78, 5) is 27.6. The molecule has 1 saturated heterocycles. The molecule has 6 nitrogen and oxygen atoms in total. The molecular weight excluding hydrogens is 378 g/mol. The fourth-order valence-corrected chi connectivity index (χ4v) is 3.31. The molecule has 28 heavy (non-hydrogen) atoms. The van der Waals surface area contributed by atoms with E-state index in [0.29, 0.717) is 5.69 Å². The van der Waals surface area contributed by atoms with Gasteiger partial charge in [0.15, 0.2) is 0 Å². The van der Waals surface area contributed by atoms with Crippen LogP contribution in [0.4, 0.5) is 17.1 Å². The zero-order valence-corrected chi connectivity index (χ0v) is 16.3. The number of hydrogen-bond donors (Lipinski definition) is 2. The Bertz CT molecular complexity index is 888. The predicted molar refractivity (Wildman–Crippen MR) is 112 cm³/mol. The molecule has 1 amide bonds. The molecule has 1 fully saturated rings. The molecule has 1 aliphatic heterocycles. The molecule has 0 saturated carbocycles. The average Bonchev–Trinajstić information content (AvgIpc) is 2.69. The van der Waals surface area contributed by atoms with Crippen molar-refractivity contribution < 1.29 is 14.7 Å². The van der Waals surface area contributed by atoms with Crippen LogP contribution in [0, 0.1) is 0 Å². The second-order valence-corrected chi connectivity index (χ2v) is 7.02. The number of carbonyl (C=O) groups is 2. The van der Waals surface area contributed by atoms with Crippen molar-refractivity contribution in [1.82, 2.24) is 0 Å². The Morgan fingerprint density at radius 2 is 1.61 bits per heavy atom. The Kier molecular flexibility index (Phi) is 6.21. The molecule has 146 valence electrons. The minimum Gasteiger partial charge on any atom is -0.478 e. The number of benzene rings is 2. The highest BCUT2D eigenvalue weighted by molar-refractivity contribution is 6.30. The third kappa shape index (κ3) is 4.84. The van der Waals surface area contributed by atoms with Crippen LogP contribution in [0.5, 0.6) is 0 Å². The Hall–Kier alpha value is -2.99. The number of rotatable bonds is 5. The van der Waals surface area contributed by atoms with Crippen molar-refractivity contribution in [3.8, 4) is 0 Å². The second kappa shape index (κ2) is 8.80.